The van der Waals surface area contributed by atoms with Crippen LogP contribution in [0.15, 0.2) is 269 Å². The molecule has 1 unspecified atom stereocenters. The van der Waals surface area contributed by atoms with E-state index in [1.165, 1.54) is 26.9 Å². The van der Waals surface area contributed by atoms with Crippen molar-refractivity contribution < 1.29 is 4.42 Å². The Balaban J connectivity index is 0.928. The van der Waals surface area contributed by atoms with E-state index in [1.54, 1.807) is 0 Å². The number of para-hydroxylation sites is 6. The summed E-state index contributed by atoms with van der Waals surface area (Å²) >= 11 is 0. The van der Waals surface area contributed by atoms with Crippen molar-refractivity contribution in [2.75, 3.05) is 0 Å². The predicted molar refractivity (Wildman–Crippen MR) is 324 cm³/mol. The van der Waals surface area contributed by atoms with Gasteiger partial charge in [0.25, 0.3) is 0 Å². The first-order valence-electron chi connectivity index (χ1n) is 26.6. The number of aromatic nitrogens is 3. The van der Waals surface area contributed by atoms with Crippen LogP contribution in [-0.4, -0.2) is 25.4 Å². The van der Waals surface area contributed by atoms with Gasteiger partial charge in [0.2, 0.25) is 0 Å². The van der Waals surface area contributed by atoms with Crippen LogP contribution < -0.4 is 5.32 Å². The van der Waals surface area contributed by atoms with Gasteiger partial charge in [0.1, 0.15) is 23.2 Å². The van der Waals surface area contributed by atoms with Gasteiger partial charge in [0.15, 0.2) is 5.84 Å². The van der Waals surface area contributed by atoms with Crippen molar-refractivity contribution in [1.29, 1.82) is 0 Å². The fraction of sp³-hybridized carbons (Fsp3) is 0.0141. The minimum absolute atomic E-state index is 0.540. The molecule has 0 fully saturated rings. The van der Waals surface area contributed by atoms with Gasteiger partial charge in [0, 0.05) is 71.3 Å². The van der Waals surface area contributed by atoms with Gasteiger partial charge in [0.05, 0.1) is 38.7 Å². The highest BCUT2D eigenvalue weighted by Gasteiger charge is 2.29. The highest BCUT2D eigenvalue weighted by Crippen LogP contribution is 2.43. The van der Waals surface area contributed by atoms with Gasteiger partial charge >= 0.3 is 0 Å². The van der Waals surface area contributed by atoms with Crippen LogP contribution in [0.4, 0.5) is 0 Å². The lowest BCUT2D eigenvalue weighted by Gasteiger charge is -2.25. The molecule has 1 aliphatic heterocycles. The van der Waals surface area contributed by atoms with Gasteiger partial charge < -0.3 is 23.4 Å². The summed E-state index contributed by atoms with van der Waals surface area (Å²) in [6, 6.07) is 91.5. The fourth-order valence-corrected chi connectivity index (χ4v) is 12.8. The molecule has 17 rings (SSSR count). The van der Waals surface area contributed by atoms with E-state index in [0.29, 0.717) is 5.84 Å². The zero-order valence-electron chi connectivity index (χ0n) is 42.0. The highest BCUT2D eigenvalue weighted by atomic mass is 16.3. The standard InChI is InChI=1S/C71H44N6O/c1-3-20-47(21-4-1)75-59-29-13-9-24-51(59)56-40-45(34-37-62(56)75)69-72-70(55-28-17-32-63-66(55)53-26-11-15-31-61(53)76(63)48-22-5-2-6-23-48)74-71(73-69)58-41-46-38-49(35-36-50(46)67-54-27-12-16-33-65(54)78-68(58)67)77-60-30-14-10-25-52(60)57-39-43-18-7-8-19-44(43)42-64(57)77/h1-42,70H,(H,72,73,74). The molecule has 0 radical (unpaired) electrons. The van der Waals surface area contributed by atoms with E-state index in [1.807, 2.05) is 6.07 Å². The van der Waals surface area contributed by atoms with E-state index in [4.69, 9.17) is 14.4 Å². The zero-order valence-corrected chi connectivity index (χ0v) is 42.0. The second-order valence-corrected chi connectivity index (χ2v) is 20.5. The second-order valence-electron chi connectivity index (χ2n) is 20.5. The van der Waals surface area contributed by atoms with E-state index >= 15 is 0 Å². The van der Waals surface area contributed by atoms with Crippen LogP contribution in [0.5, 0.6) is 0 Å². The van der Waals surface area contributed by atoms with Gasteiger partial charge in [-0.25, -0.2) is 9.98 Å². The third kappa shape index (κ3) is 6.27. The Morgan fingerprint density at radius 3 is 1.68 bits per heavy atom. The van der Waals surface area contributed by atoms with Crippen molar-refractivity contribution in [2.45, 2.75) is 6.17 Å². The lowest BCUT2D eigenvalue weighted by molar-refractivity contribution is 0.665. The summed E-state index contributed by atoms with van der Waals surface area (Å²) in [5.41, 5.74) is 14.5. The van der Waals surface area contributed by atoms with Crippen LogP contribution >= 0.6 is 0 Å². The Kier molecular flexibility index (Phi) is 9.06. The minimum atomic E-state index is -0.540. The molecule has 0 saturated carbocycles. The first-order chi connectivity index (χ1) is 38.7. The lowest BCUT2D eigenvalue weighted by atomic mass is 9.98. The number of nitrogens with zero attached hydrogens (tertiary/aromatic N) is 5. The number of rotatable bonds is 6. The monoisotopic (exact) mass is 996 g/mol. The molecule has 7 nitrogen and oxygen atoms in total. The van der Waals surface area contributed by atoms with Gasteiger partial charge in [-0.2, -0.15) is 0 Å². The zero-order chi connectivity index (χ0) is 51.0. The molecular formula is C71H44N6O. The summed E-state index contributed by atoms with van der Waals surface area (Å²) in [4.78, 5) is 11.4. The van der Waals surface area contributed by atoms with Crippen LogP contribution in [-0.2, 0) is 0 Å². The smallest absolute Gasteiger partial charge is 0.163 e. The Morgan fingerprint density at radius 1 is 0.359 bits per heavy atom. The van der Waals surface area contributed by atoms with Crippen molar-refractivity contribution in [3.63, 3.8) is 0 Å². The predicted octanol–water partition coefficient (Wildman–Crippen LogP) is 17.7. The normalized spacial score (nSPS) is 14.0. The molecule has 16 aromatic rings. The molecule has 0 spiro atoms. The van der Waals surface area contributed by atoms with Crippen molar-refractivity contribution in [3.05, 3.63) is 271 Å². The molecule has 5 heterocycles. The first kappa shape index (κ1) is 42.8. The average Bonchev–Trinajstić information content (AvgIpc) is 4.35. The summed E-state index contributed by atoms with van der Waals surface area (Å²) in [7, 11) is 0. The summed E-state index contributed by atoms with van der Waals surface area (Å²) in [5, 5.41) is 17.7. The number of aliphatic imine (C=N–C) groups is 2. The first-order valence-corrected chi connectivity index (χ1v) is 26.6. The van der Waals surface area contributed by atoms with Crippen LogP contribution in [0.3, 0.4) is 0 Å². The molecule has 7 heteroatoms. The highest BCUT2D eigenvalue weighted by molar-refractivity contribution is 6.27. The molecule has 1 aliphatic rings. The molecule has 78 heavy (non-hydrogen) atoms. The minimum Gasteiger partial charge on any atom is -0.455 e. The SMILES string of the molecule is c1ccc(-n2c3ccccc3c3cc(C4=NC(c5cc6cc(-n7c8ccccc8c8cc9ccccc9cc87)ccc6c6c5oc5ccccc56)=NC(c5cccc6c5c5ccccc5n6-c5ccccc5)N4)ccc32)cc1. The quantitative estimate of drug-likeness (QED) is 0.180. The number of nitrogens with one attached hydrogen (secondary N) is 1. The van der Waals surface area contributed by atoms with Gasteiger partial charge in [-0.3, -0.25) is 0 Å². The lowest BCUT2D eigenvalue weighted by Crippen LogP contribution is -2.33. The molecule has 12 aromatic carbocycles. The second kappa shape index (κ2) is 16.5. The third-order valence-corrected chi connectivity index (χ3v) is 16.2. The molecule has 0 bridgehead atoms. The molecule has 0 aliphatic carbocycles. The Bertz CT molecular complexity index is 5250. The maximum Gasteiger partial charge on any atom is 0.163 e. The number of hydrogen-bond acceptors (Lipinski definition) is 4. The number of hydrogen-bond donors (Lipinski definition) is 1. The van der Waals surface area contributed by atoms with Crippen LogP contribution in [0.1, 0.15) is 22.9 Å². The van der Waals surface area contributed by atoms with E-state index in [2.05, 4.69) is 268 Å². The van der Waals surface area contributed by atoms with Gasteiger partial charge in [-0.15, -0.1) is 0 Å². The van der Waals surface area contributed by atoms with E-state index < -0.39 is 6.17 Å². The van der Waals surface area contributed by atoms with E-state index in [-0.39, 0.29) is 0 Å². The molecule has 1 atom stereocenters. The largest absolute Gasteiger partial charge is 0.455 e. The summed E-state index contributed by atoms with van der Waals surface area (Å²) in [6.07, 6.45) is -0.540. The average molecular weight is 997 g/mol. The Hall–Kier alpha value is -10.5. The van der Waals surface area contributed by atoms with Crippen molar-refractivity contribution in [1.82, 2.24) is 19.0 Å². The summed E-state index contributed by atoms with van der Waals surface area (Å²) in [5.74, 6) is 1.31. The van der Waals surface area contributed by atoms with Crippen LogP contribution in [0, 0.1) is 0 Å². The van der Waals surface area contributed by atoms with Gasteiger partial charge in [-0.1, -0.05) is 152 Å². The maximum absolute atomic E-state index is 7.03. The van der Waals surface area contributed by atoms with Crippen molar-refractivity contribution in [3.8, 4) is 17.1 Å². The molecular weight excluding hydrogens is 953 g/mol. The summed E-state index contributed by atoms with van der Waals surface area (Å²) < 4.78 is 14.2. The molecule has 1 N–H and O–H groups in total. The topological polar surface area (TPSA) is 64.7 Å². The number of furan rings is 1. The fourth-order valence-electron chi connectivity index (χ4n) is 12.8. The molecule has 0 saturated heterocycles. The number of benzene rings is 12. The molecule has 364 valence electrons. The number of amidine groups is 2. The van der Waals surface area contributed by atoms with Gasteiger partial charge in [-0.05, 0) is 125 Å². The van der Waals surface area contributed by atoms with E-state index in [9.17, 15) is 0 Å². The van der Waals surface area contributed by atoms with Crippen molar-refractivity contribution >= 4 is 121 Å². The Morgan fingerprint density at radius 2 is 0.936 bits per heavy atom. The van der Waals surface area contributed by atoms with Crippen molar-refractivity contribution in [2.24, 2.45) is 9.98 Å². The number of fused-ring (bicyclic) bond motifs is 15. The molecule has 0 amide bonds. The maximum atomic E-state index is 7.03. The van der Waals surface area contributed by atoms with Crippen LogP contribution in [0.2, 0.25) is 0 Å². The summed E-state index contributed by atoms with van der Waals surface area (Å²) in [6.45, 7) is 0. The third-order valence-electron chi connectivity index (χ3n) is 16.2. The molecule has 4 aromatic heterocycles. The Labute approximate surface area is 446 Å². The van der Waals surface area contributed by atoms with E-state index in [0.717, 1.165) is 122 Å². The van der Waals surface area contributed by atoms with Crippen LogP contribution in [0.25, 0.3) is 126 Å².